The number of hydroxylamine groups is 1. The van der Waals surface area contributed by atoms with Gasteiger partial charge in [-0.1, -0.05) is 0 Å². The van der Waals surface area contributed by atoms with Crippen LogP contribution in [0.15, 0.2) is 0 Å². The predicted octanol–water partition coefficient (Wildman–Crippen LogP) is 2.34. The van der Waals surface area contributed by atoms with Crippen LogP contribution in [0.3, 0.4) is 0 Å². The molecule has 0 amide bonds. The number of rotatable bonds is 5. The third-order valence-corrected chi connectivity index (χ3v) is 5.06. The summed E-state index contributed by atoms with van der Waals surface area (Å²) in [5.74, 6) is 0. The standard InChI is InChI=1S/C9H18NO4P/c1-4-13-15(12,14-5-2)9(3)7-6-8-10(9)11/h8H,4-7H2,1-3H3/i6D,8D. The van der Waals surface area contributed by atoms with Crippen LogP contribution in [0.2, 0.25) is 0 Å². The van der Waals surface area contributed by atoms with Crippen molar-refractivity contribution in [2.75, 3.05) is 13.2 Å². The molecule has 0 N–H and O–H groups in total. The van der Waals surface area contributed by atoms with E-state index in [0.29, 0.717) is 4.74 Å². The van der Waals surface area contributed by atoms with Crippen molar-refractivity contribution < 1.29 is 21.1 Å². The highest BCUT2D eigenvalue weighted by atomic mass is 31.2. The molecule has 15 heavy (non-hydrogen) atoms. The molecule has 5 nitrogen and oxygen atoms in total. The Kier molecular flexibility index (Phi) is 3.04. The summed E-state index contributed by atoms with van der Waals surface area (Å²) < 4.78 is 38.2. The molecule has 1 rings (SSSR count). The van der Waals surface area contributed by atoms with Crippen LogP contribution in [-0.4, -0.2) is 29.4 Å². The fourth-order valence-corrected chi connectivity index (χ4v) is 3.33. The molecule has 6 heteroatoms. The maximum Gasteiger partial charge on any atom is 0.401 e. The summed E-state index contributed by atoms with van der Waals surface area (Å²) in [7, 11) is -3.66. The number of nitrogens with zero attached hydrogens (tertiary/aromatic N) is 1. The largest absolute Gasteiger partial charge is 0.623 e. The molecular formula is C9H18NO4P. The van der Waals surface area contributed by atoms with Gasteiger partial charge in [-0.2, -0.15) is 4.74 Å². The maximum atomic E-state index is 12.6. The molecule has 0 aliphatic carbocycles. The van der Waals surface area contributed by atoms with Gasteiger partial charge < -0.3 is 14.3 Å². The van der Waals surface area contributed by atoms with Crippen molar-refractivity contribution in [3.63, 3.8) is 0 Å². The van der Waals surface area contributed by atoms with Crippen molar-refractivity contribution in [3.05, 3.63) is 5.21 Å². The van der Waals surface area contributed by atoms with Gasteiger partial charge in [0.25, 0.3) is 5.28 Å². The van der Waals surface area contributed by atoms with Crippen LogP contribution < -0.4 is 0 Å². The van der Waals surface area contributed by atoms with E-state index in [-0.39, 0.29) is 19.6 Å². The zero-order valence-corrected chi connectivity index (χ0v) is 10.1. The van der Waals surface area contributed by atoms with Crippen LogP contribution in [0.25, 0.3) is 0 Å². The van der Waals surface area contributed by atoms with Crippen molar-refractivity contribution in [2.45, 2.75) is 38.9 Å². The van der Waals surface area contributed by atoms with Gasteiger partial charge in [0, 0.05) is 21.1 Å². The van der Waals surface area contributed by atoms with Crippen molar-refractivity contribution in [1.29, 1.82) is 0 Å². The Morgan fingerprint density at radius 2 is 2.20 bits per heavy atom. The minimum absolute atomic E-state index is 0.0212. The third-order valence-electron chi connectivity index (χ3n) is 2.32. The van der Waals surface area contributed by atoms with Gasteiger partial charge in [-0.05, 0) is 13.8 Å². The lowest BCUT2D eigenvalue weighted by Gasteiger charge is -2.30. The molecule has 0 saturated heterocycles. The van der Waals surface area contributed by atoms with Crippen LogP contribution in [-0.2, 0) is 13.6 Å². The first kappa shape index (κ1) is 9.82. The van der Waals surface area contributed by atoms with Crippen molar-refractivity contribution in [3.8, 4) is 0 Å². The van der Waals surface area contributed by atoms with Gasteiger partial charge in [-0.15, -0.1) is 0 Å². The molecule has 0 fully saturated rings. The molecule has 2 unspecified atom stereocenters. The second-order valence-electron chi connectivity index (χ2n) is 3.38. The van der Waals surface area contributed by atoms with E-state index in [0.717, 1.165) is 0 Å². The fraction of sp³-hybridized carbons (Fsp3) is 0.889. The summed E-state index contributed by atoms with van der Waals surface area (Å²) in [5, 5.41) is 10.4. The van der Waals surface area contributed by atoms with E-state index >= 15 is 0 Å². The molecular weight excluding hydrogens is 217 g/mol. The number of hydrogen-bond donors (Lipinski definition) is 0. The molecule has 0 aromatic carbocycles. The molecule has 0 bridgehead atoms. The van der Waals surface area contributed by atoms with E-state index < -0.39 is 25.5 Å². The highest BCUT2D eigenvalue weighted by Crippen LogP contribution is 2.62. The minimum Gasteiger partial charge on any atom is -0.623 e. The van der Waals surface area contributed by atoms with Gasteiger partial charge in [-0.25, -0.2) is 0 Å². The van der Waals surface area contributed by atoms with Crippen LogP contribution >= 0.6 is 7.60 Å². The second kappa shape index (κ2) is 4.64. The molecule has 0 spiro atoms. The smallest absolute Gasteiger partial charge is 0.401 e. The molecule has 88 valence electrons. The Morgan fingerprint density at radius 1 is 1.67 bits per heavy atom. The van der Waals surface area contributed by atoms with E-state index in [1.165, 1.54) is 6.92 Å². The van der Waals surface area contributed by atoms with Gasteiger partial charge in [0.15, 0.2) is 6.19 Å². The third kappa shape index (κ3) is 2.10. The fourth-order valence-electron chi connectivity index (χ4n) is 1.42. The molecule has 0 aromatic heterocycles. The van der Waals surface area contributed by atoms with Gasteiger partial charge >= 0.3 is 7.60 Å². The Morgan fingerprint density at radius 3 is 2.53 bits per heavy atom. The molecule has 0 saturated carbocycles. The Balaban J connectivity index is 3.16. The van der Waals surface area contributed by atoms with Gasteiger partial charge in [0.2, 0.25) is 0 Å². The second-order valence-corrected chi connectivity index (χ2v) is 5.86. The molecule has 1 heterocycles. The number of hydrogen-bond acceptors (Lipinski definition) is 4. The van der Waals surface area contributed by atoms with E-state index in [2.05, 4.69) is 0 Å². The summed E-state index contributed by atoms with van der Waals surface area (Å²) >= 11 is 0. The maximum absolute atomic E-state index is 12.6. The highest BCUT2D eigenvalue weighted by molar-refractivity contribution is 7.55. The first-order valence-electron chi connectivity index (χ1n) is 6.02. The summed E-state index contributed by atoms with van der Waals surface area (Å²) in [5.41, 5.74) is 0. The topological polar surface area (TPSA) is 61.6 Å². The lowest BCUT2D eigenvalue weighted by molar-refractivity contribution is -0.506. The average Bonchev–Trinajstić information content (AvgIpc) is 2.45. The highest BCUT2D eigenvalue weighted by Gasteiger charge is 2.56. The lowest BCUT2D eigenvalue weighted by atomic mass is 10.2. The van der Waals surface area contributed by atoms with Gasteiger partial charge in [0.1, 0.15) is 1.37 Å². The van der Waals surface area contributed by atoms with E-state index in [9.17, 15) is 9.77 Å². The van der Waals surface area contributed by atoms with E-state index in [4.69, 9.17) is 11.8 Å². The van der Waals surface area contributed by atoms with E-state index in [1.54, 1.807) is 13.8 Å². The van der Waals surface area contributed by atoms with E-state index in [1.807, 2.05) is 0 Å². The predicted molar refractivity (Wildman–Crippen MR) is 58.2 cm³/mol. The average molecular weight is 237 g/mol. The van der Waals surface area contributed by atoms with Crippen molar-refractivity contribution in [2.24, 2.45) is 0 Å². The monoisotopic (exact) mass is 237 g/mol. The van der Waals surface area contributed by atoms with Crippen LogP contribution in [0.4, 0.5) is 0 Å². The van der Waals surface area contributed by atoms with Crippen LogP contribution in [0.5, 0.6) is 0 Å². The Bertz CT molecular complexity index is 366. The summed E-state index contributed by atoms with van der Waals surface area (Å²) in [6.07, 6.45) is -1.40. The molecule has 1 aliphatic heterocycles. The summed E-state index contributed by atoms with van der Waals surface area (Å²) in [4.78, 5) is 0. The molecule has 1 aliphatic rings. The summed E-state index contributed by atoms with van der Waals surface area (Å²) in [6.45, 7) is 5.04. The van der Waals surface area contributed by atoms with Crippen molar-refractivity contribution >= 4 is 13.8 Å². The van der Waals surface area contributed by atoms with Crippen LogP contribution in [0.1, 0.15) is 36.3 Å². The Labute approximate surface area is 93.0 Å². The minimum atomic E-state index is -3.66. The zero-order chi connectivity index (χ0) is 13.3. The molecule has 2 atom stereocenters. The first-order valence-corrected chi connectivity index (χ1v) is 6.49. The lowest BCUT2D eigenvalue weighted by Crippen LogP contribution is -2.33. The first-order chi connectivity index (χ1) is 7.82. The van der Waals surface area contributed by atoms with Gasteiger partial charge in [0.05, 0.1) is 13.2 Å². The molecule has 0 radical (unpaired) electrons. The molecule has 0 aromatic rings. The SMILES string of the molecule is [2H]C1=[N+]([O-])C(C)(P(=O)(OCC)OCC)CC1[2H]. The summed E-state index contributed by atoms with van der Waals surface area (Å²) in [6, 6.07) is 0. The van der Waals surface area contributed by atoms with Crippen molar-refractivity contribution in [1.82, 2.24) is 0 Å². The van der Waals surface area contributed by atoms with Crippen LogP contribution in [0, 0.1) is 5.21 Å². The normalized spacial score (nSPS) is 34.2. The Hall–Kier alpha value is -0.380. The quantitative estimate of drug-likeness (QED) is 0.418. The zero-order valence-electron chi connectivity index (χ0n) is 11.2. The van der Waals surface area contributed by atoms with Gasteiger partial charge in [-0.3, -0.25) is 4.57 Å².